The molecule has 1 aromatic heterocycles. The molecule has 1 fully saturated rings. The maximum atomic E-state index is 13.5. The fraction of sp³-hybridized carbons (Fsp3) is 0.267. The number of aromatic amines is 1. The number of imidazole rings is 1. The van der Waals surface area contributed by atoms with Crippen LogP contribution >= 0.6 is 11.6 Å². The van der Waals surface area contributed by atoms with Gasteiger partial charge in [0.25, 0.3) is 5.91 Å². The smallest absolute Gasteiger partial charge is 0.257 e. The van der Waals surface area contributed by atoms with Gasteiger partial charge in [0.1, 0.15) is 5.82 Å². The second-order valence-corrected chi connectivity index (χ2v) is 10.3. The zero-order valence-corrected chi connectivity index (χ0v) is 22.0. The van der Waals surface area contributed by atoms with Gasteiger partial charge in [-0.05, 0) is 60.9 Å². The molecule has 1 saturated heterocycles. The Hall–Kier alpha value is -3.65. The Morgan fingerprint density at radius 1 is 1.11 bits per heavy atom. The maximum Gasteiger partial charge on any atom is 0.257 e. The zero-order chi connectivity index (χ0) is 26.1. The normalized spacial score (nSPS) is 17.5. The lowest BCUT2D eigenvalue weighted by molar-refractivity contribution is -0.110. The highest BCUT2D eigenvalue weighted by molar-refractivity contribution is 6.38. The van der Waals surface area contributed by atoms with E-state index in [2.05, 4.69) is 26.6 Å². The van der Waals surface area contributed by atoms with Gasteiger partial charge >= 0.3 is 0 Å². The minimum Gasteiger partial charge on any atom is -0.383 e. The van der Waals surface area contributed by atoms with E-state index in [0.29, 0.717) is 22.5 Å². The van der Waals surface area contributed by atoms with Crippen molar-refractivity contribution in [2.45, 2.75) is 18.9 Å². The first-order valence-electron chi connectivity index (χ1n) is 13.0. The molecule has 8 heteroatoms. The van der Waals surface area contributed by atoms with Gasteiger partial charge in [0.2, 0.25) is 0 Å². The van der Waals surface area contributed by atoms with E-state index in [9.17, 15) is 4.79 Å². The number of benzene rings is 3. The van der Waals surface area contributed by atoms with Gasteiger partial charge in [-0.15, -0.1) is 0 Å². The third kappa shape index (κ3) is 4.92. The Balaban J connectivity index is 1.38. The molecule has 0 radical (unpaired) electrons. The number of nitrogens with one attached hydrogen (secondary N) is 3. The Morgan fingerprint density at radius 2 is 1.95 bits per heavy atom. The number of fused-ring (bicyclic) bond motifs is 2. The van der Waals surface area contributed by atoms with Gasteiger partial charge in [0.05, 0.1) is 23.2 Å². The Kier molecular flexibility index (Phi) is 6.89. The lowest BCUT2D eigenvalue weighted by atomic mass is 9.94. The second-order valence-electron chi connectivity index (χ2n) is 9.83. The number of carbonyl (C=O) groups is 1. The third-order valence-electron chi connectivity index (χ3n) is 7.32. The number of ether oxygens (including phenoxy) is 1. The molecule has 38 heavy (non-hydrogen) atoms. The average molecular weight is 528 g/mol. The number of para-hydroxylation sites is 2. The summed E-state index contributed by atoms with van der Waals surface area (Å²) in [6, 6.07) is 21.9. The van der Waals surface area contributed by atoms with Crippen LogP contribution in [0.3, 0.4) is 0 Å². The SMILES string of the molecule is COCCN1CCC(Nc2ccc3c(c2)/C(=C(\c2cccc(Cl)c2)c2nc4ccccc4[nH]2)C(=O)N3)CC1. The number of aromatic nitrogens is 2. The number of hydrogen-bond donors (Lipinski definition) is 3. The third-order valence-corrected chi connectivity index (χ3v) is 7.56. The number of amides is 1. The topological polar surface area (TPSA) is 82.3 Å². The molecule has 3 N–H and O–H groups in total. The van der Waals surface area contributed by atoms with Crippen molar-refractivity contribution in [1.29, 1.82) is 0 Å². The summed E-state index contributed by atoms with van der Waals surface area (Å²) in [7, 11) is 1.75. The minimum atomic E-state index is -0.154. The summed E-state index contributed by atoms with van der Waals surface area (Å²) in [6.07, 6.45) is 2.13. The van der Waals surface area contributed by atoms with Gasteiger partial charge in [0.15, 0.2) is 0 Å². The van der Waals surface area contributed by atoms with Crippen molar-refractivity contribution in [3.8, 4) is 0 Å². The molecular weight excluding hydrogens is 498 g/mol. The van der Waals surface area contributed by atoms with Crippen LogP contribution in [-0.2, 0) is 9.53 Å². The highest BCUT2D eigenvalue weighted by Crippen LogP contribution is 2.41. The highest BCUT2D eigenvalue weighted by atomic mass is 35.5. The number of carbonyl (C=O) groups excluding carboxylic acids is 1. The largest absolute Gasteiger partial charge is 0.383 e. The molecule has 0 unspecified atom stereocenters. The summed E-state index contributed by atoms with van der Waals surface area (Å²) in [4.78, 5) is 24.2. The van der Waals surface area contributed by atoms with Gasteiger partial charge in [-0.25, -0.2) is 4.98 Å². The number of likely N-dealkylation sites (tertiary alicyclic amines) is 1. The molecule has 2 aliphatic rings. The fourth-order valence-electron chi connectivity index (χ4n) is 5.38. The van der Waals surface area contributed by atoms with Crippen molar-refractivity contribution in [1.82, 2.24) is 14.9 Å². The molecule has 0 atom stereocenters. The molecular formula is C30H30ClN5O2. The standard InChI is InChI=1S/C30H30ClN5O2/c1-38-16-15-36-13-11-21(12-14-36)32-22-9-10-24-23(18-22)28(30(37)35-24)27(19-5-4-6-20(31)17-19)29-33-25-7-2-3-8-26(25)34-29/h2-10,17-18,21,32H,11-16H2,1H3,(H,33,34)(H,35,37)/b28-27-. The summed E-state index contributed by atoms with van der Waals surface area (Å²) >= 11 is 6.40. The highest BCUT2D eigenvalue weighted by Gasteiger charge is 2.31. The Bertz CT molecular complexity index is 1490. The number of halogens is 1. The molecule has 1 amide bonds. The number of anilines is 2. The van der Waals surface area contributed by atoms with Crippen molar-refractivity contribution < 1.29 is 9.53 Å². The van der Waals surface area contributed by atoms with Crippen molar-refractivity contribution in [3.63, 3.8) is 0 Å². The molecule has 0 saturated carbocycles. The van der Waals surface area contributed by atoms with Crippen LogP contribution in [0.4, 0.5) is 11.4 Å². The van der Waals surface area contributed by atoms with E-state index < -0.39 is 0 Å². The molecule has 0 aliphatic carbocycles. The van der Waals surface area contributed by atoms with Crippen molar-refractivity contribution >= 4 is 51.1 Å². The van der Waals surface area contributed by atoms with Crippen LogP contribution in [0, 0.1) is 0 Å². The summed E-state index contributed by atoms with van der Waals surface area (Å²) in [6.45, 7) is 3.82. The van der Waals surface area contributed by atoms with Crippen LogP contribution in [0.5, 0.6) is 0 Å². The van der Waals surface area contributed by atoms with Crippen molar-refractivity contribution in [2.75, 3.05) is 44.0 Å². The predicted molar refractivity (Wildman–Crippen MR) is 153 cm³/mol. The molecule has 3 aromatic carbocycles. The quantitative estimate of drug-likeness (QED) is 0.271. The van der Waals surface area contributed by atoms with Crippen LogP contribution in [0.1, 0.15) is 29.8 Å². The minimum absolute atomic E-state index is 0.154. The monoisotopic (exact) mass is 527 g/mol. The molecule has 4 aromatic rings. The molecule has 7 nitrogen and oxygen atoms in total. The van der Waals surface area contributed by atoms with E-state index in [1.165, 1.54) is 0 Å². The maximum absolute atomic E-state index is 13.5. The van der Waals surface area contributed by atoms with Gasteiger partial charge in [-0.3, -0.25) is 4.79 Å². The number of nitrogens with zero attached hydrogens (tertiary/aromatic N) is 2. The Morgan fingerprint density at radius 3 is 2.74 bits per heavy atom. The molecule has 0 spiro atoms. The van der Waals surface area contributed by atoms with Gasteiger partial charge < -0.3 is 25.3 Å². The molecule has 0 bridgehead atoms. The summed E-state index contributed by atoms with van der Waals surface area (Å²) in [5.41, 5.74) is 6.54. The van der Waals surface area contributed by atoms with E-state index in [4.69, 9.17) is 21.3 Å². The van der Waals surface area contributed by atoms with E-state index >= 15 is 0 Å². The summed E-state index contributed by atoms with van der Waals surface area (Å²) in [5.74, 6) is 0.479. The number of H-pyrrole nitrogens is 1. The van der Waals surface area contributed by atoms with Crippen LogP contribution in [0.2, 0.25) is 5.02 Å². The van der Waals surface area contributed by atoms with Gasteiger partial charge in [-0.2, -0.15) is 0 Å². The molecule has 194 valence electrons. The lowest BCUT2D eigenvalue weighted by Crippen LogP contribution is -2.40. The van der Waals surface area contributed by atoms with Crippen molar-refractivity contribution in [3.05, 3.63) is 88.7 Å². The predicted octanol–water partition coefficient (Wildman–Crippen LogP) is 5.65. The van der Waals surface area contributed by atoms with Crippen LogP contribution < -0.4 is 10.6 Å². The van der Waals surface area contributed by atoms with Crippen LogP contribution in [0.25, 0.3) is 22.2 Å². The summed E-state index contributed by atoms with van der Waals surface area (Å²) < 4.78 is 5.23. The van der Waals surface area contributed by atoms with Crippen LogP contribution in [0.15, 0.2) is 66.7 Å². The summed E-state index contributed by atoms with van der Waals surface area (Å²) in [5, 5.41) is 7.36. The van der Waals surface area contributed by atoms with Gasteiger partial charge in [-0.1, -0.05) is 35.9 Å². The number of piperidine rings is 1. The zero-order valence-electron chi connectivity index (χ0n) is 21.3. The van der Waals surface area contributed by atoms with E-state index in [1.807, 2.05) is 60.7 Å². The van der Waals surface area contributed by atoms with Gasteiger partial charge in [0, 0.05) is 60.3 Å². The van der Waals surface area contributed by atoms with E-state index in [0.717, 1.165) is 78.2 Å². The van der Waals surface area contributed by atoms with E-state index in [-0.39, 0.29) is 5.91 Å². The lowest BCUT2D eigenvalue weighted by Gasteiger charge is -2.32. The molecule has 2 aliphatic heterocycles. The number of methoxy groups -OCH3 is 1. The number of hydrogen-bond acceptors (Lipinski definition) is 5. The first-order chi connectivity index (χ1) is 18.6. The van der Waals surface area contributed by atoms with E-state index in [1.54, 1.807) is 7.11 Å². The number of rotatable bonds is 7. The fourth-order valence-corrected chi connectivity index (χ4v) is 5.57. The Labute approximate surface area is 226 Å². The second kappa shape index (κ2) is 10.6. The average Bonchev–Trinajstić information content (AvgIpc) is 3.49. The molecule has 3 heterocycles. The first-order valence-corrected chi connectivity index (χ1v) is 13.4. The van der Waals surface area contributed by atoms with Crippen LogP contribution in [-0.4, -0.2) is 60.2 Å². The van der Waals surface area contributed by atoms with Crippen molar-refractivity contribution in [2.24, 2.45) is 0 Å². The first kappa shape index (κ1) is 24.7. The molecule has 6 rings (SSSR count).